The van der Waals surface area contributed by atoms with Crippen LogP contribution in [0.25, 0.3) is 0 Å². The number of rotatable bonds is 5. The largest absolute Gasteiger partial charge is 0.395 e. The number of aliphatic hydroxyl groups excluding tert-OH is 1. The molecule has 5 heteroatoms. The van der Waals surface area contributed by atoms with Crippen molar-refractivity contribution in [2.24, 2.45) is 0 Å². The van der Waals surface area contributed by atoms with E-state index in [-0.39, 0.29) is 12.6 Å². The van der Waals surface area contributed by atoms with Crippen molar-refractivity contribution >= 4 is 6.03 Å². The van der Waals surface area contributed by atoms with E-state index in [9.17, 15) is 4.79 Å². The minimum Gasteiger partial charge on any atom is -0.395 e. The van der Waals surface area contributed by atoms with Crippen LogP contribution in [0, 0.1) is 0 Å². The van der Waals surface area contributed by atoms with Gasteiger partial charge in [-0.25, -0.2) is 4.79 Å². The van der Waals surface area contributed by atoms with Gasteiger partial charge in [-0.2, -0.15) is 0 Å². The van der Waals surface area contributed by atoms with Crippen LogP contribution < -0.4 is 5.32 Å². The number of carbonyl (C=O) groups is 1. The summed E-state index contributed by atoms with van der Waals surface area (Å²) in [4.78, 5) is 15.7. The van der Waals surface area contributed by atoms with Crippen molar-refractivity contribution in [2.45, 2.75) is 19.8 Å². The maximum atomic E-state index is 11.7. The van der Waals surface area contributed by atoms with Crippen LogP contribution in [0.5, 0.6) is 0 Å². The summed E-state index contributed by atoms with van der Waals surface area (Å²) < 4.78 is 0. The van der Waals surface area contributed by atoms with E-state index < -0.39 is 0 Å². The third kappa shape index (κ3) is 4.37. The Hall–Kier alpha value is -0.810. The SMILES string of the molecule is CCCCNC(=O)N1CCN(CCO)CC1. The van der Waals surface area contributed by atoms with Gasteiger partial charge in [-0.15, -0.1) is 0 Å². The molecule has 0 aromatic carbocycles. The van der Waals surface area contributed by atoms with Gasteiger partial charge in [0, 0.05) is 39.3 Å². The van der Waals surface area contributed by atoms with Crippen LogP contribution in [0.4, 0.5) is 4.79 Å². The molecule has 0 saturated carbocycles. The number of β-amino-alcohol motifs (C(OH)–C–C–N with tert-alkyl or cyclic N) is 1. The van der Waals surface area contributed by atoms with Crippen molar-refractivity contribution in [1.82, 2.24) is 15.1 Å². The van der Waals surface area contributed by atoms with Gasteiger partial charge in [-0.1, -0.05) is 13.3 Å². The van der Waals surface area contributed by atoms with Crippen molar-refractivity contribution in [1.29, 1.82) is 0 Å². The van der Waals surface area contributed by atoms with Gasteiger partial charge in [0.25, 0.3) is 0 Å². The highest BCUT2D eigenvalue weighted by Crippen LogP contribution is 2.01. The smallest absolute Gasteiger partial charge is 0.317 e. The first-order chi connectivity index (χ1) is 7.77. The Kier molecular flexibility index (Phi) is 6.18. The molecule has 1 heterocycles. The molecule has 0 unspecified atom stereocenters. The summed E-state index contributed by atoms with van der Waals surface area (Å²) in [5.41, 5.74) is 0. The summed E-state index contributed by atoms with van der Waals surface area (Å²) in [6, 6.07) is 0.0529. The molecule has 0 atom stereocenters. The van der Waals surface area contributed by atoms with Crippen molar-refractivity contribution in [3.05, 3.63) is 0 Å². The van der Waals surface area contributed by atoms with Crippen molar-refractivity contribution in [3.63, 3.8) is 0 Å². The van der Waals surface area contributed by atoms with Crippen LogP contribution >= 0.6 is 0 Å². The molecule has 1 fully saturated rings. The fourth-order valence-electron chi connectivity index (χ4n) is 1.80. The normalized spacial score (nSPS) is 17.5. The zero-order chi connectivity index (χ0) is 11.8. The quantitative estimate of drug-likeness (QED) is 0.658. The predicted octanol–water partition coefficient (Wildman–Crippen LogP) is 0.106. The second-order valence-corrected chi connectivity index (χ2v) is 4.14. The standard InChI is InChI=1S/C11H23N3O2/c1-2-3-4-12-11(16)14-7-5-13(6-8-14)9-10-15/h15H,2-10H2,1H3,(H,12,16). The Morgan fingerprint density at radius 2 is 2.00 bits per heavy atom. The minimum absolute atomic E-state index is 0.0529. The van der Waals surface area contributed by atoms with Crippen LogP contribution in [0.3, 0.4) is 0 Å². The topological polar surface area (TPSA) is 55.8 Å². The summed E-state index contributed by atoms with van der Waals surface area (Å²) in [5, 5.41) is 11.7. The molecule has 0 radical (unpaired) electrons. The van der Waals surface area contributed by atoms with Crippen LogP contribution in [0.15, 0.2) is 0 Å². The van der Waals surface area contributed by atoms with Gasteiger partial charge >= 0.3 is 6.03 Å². The fourth-order valence-corrected chi connectivity index (χ4v) is 1.80. The summed E-state index contributed by atoms with van der Waals surface area (Å²) >= 11 is 0. The maximum absolute atomic E-state index is 11.7. The lowest BCUT2D eigenvalue weighted by atomic mass is 10.3. The minimum atomic E-state index is 0.0529. The molecule has 1 saturated heterocycles. The summed E-state index contributed by atoms with van der Waals surface area (Å²) in [7, 11) is 0. The number of unbranched alkanes of at least 4 members (excludes halogenated alkanes) is 1. The monoisotopic (exact) mass is 229 g/mol. The lowest BCUT2D eigenvalue weighted by Crippen LogP contribution is -2.52. The van der Waals surface area contributed by atoms with Crippen LogP contribution in [0.2, 0.25) is 0 Å². The second-order valence-electron chi connectivity index (χ2n) is 4.14. The molecule has 16 heavy (non-hydrogen) atoms. The third-order valence-electron chi connectivity index (χ3n) is 2.88. The average Bonchev–Trinajstić information content (AvgIpc) is 2.30. The van der Waals surface area contributed by atoms with E-state index in [1.54, 1.807) is 0 Å². The van der Waals surface area contributed by atoms with Crippen molar-refractivity contribution in [3.8, 4) is 0 Å². The predicted molar refractivity (Wildman–Crippen MR) is 63.4 cm³/mol. The number of hydrogen-bond acceptors (Lipinski definition) is 3. The van der Waals surface area contributed by atoms with Crippen LogP contribution in [0.1, 0.15) is 19.8 Å². The molecule has 0 aromatic rings. The first kappa shape index (κ1) is 13.3. The molecule has 0 bridgehead atoms. The Morgan fingerprint density at radius 3 is 2.56 bits per heavy atom. The van der Waals surface area contributed by atoms with Crippen LogP contribution in [-0.4, -0.2) is 66.8 Å². The highest BCUT2D eigenvalue weighted by molar-refractivity contribution is 5.74. The number of piperazine rings is 1. The van der Waals surface area contributed by atoms with E-state index in [2.05, 4.69) is 17.1 Å². The summed E-state index contributed by atoms with van der Waals surface area (Å²) in [6.45, 7) is 7.04. The van der Waals surface area contributed by atoms with Gasteiger partial charge in [0.05, 0.1) is 6.61 Å². The van der Waals surface area contributed by atoms with Gasteiger partial charge in [-0.05, 0) is 6.42 Å². The van der Waals surface area contributed by atoms with Crippen molar-refractivity contribution in [2.75, 3.05) is 45.9 Å². The molecule has 1 aliphatic heterocycles. The molecule has 0 spiro atoms. The number of nitrogens with zero attached hydrogens (tertiary/aromatic N) is 2. The second kappa shape index (κ2) is 7.46. The fraction of sp³-hybridized carbons (Fsp3) is 0.909. The van der Waals surface area contributed by atoms with E-state index in [4.69, 9.17) is 5.11 Å². The summed E-state index contributed by atoms with van der Waals surface area (Å²) in [6.07, 6.45) is 2.14. The Morgan fingerprint density at radius 1 is 1.31 bits per heavy atom. The van der Waals surface area contributed by atoms with E-state index in [0.717, 1.165) is 45.6 Å². The Labute approximate surface area is 97.4 Å². The van der Waals surface area contributed by atoms with E-state index in [1.165, 1.54) is 0 Å². The lowest BCUT2D eigenvalue weighted by molar-refractivity contribution is 0.122. The third-order valence-corrected chi connectivity index (χ3v) is 2.88. The van der Waals surface area contributed by atoms with E-state index in [1.807, 2.05) is 4.90 Å². The molecular formula is C11H23N3O2. The molecule has 5 nitrogen and oxygen atoms in total. The van der Waals surface area contributed by atoms with Gasteiger partial charge in [-0.3, -0.25) is 4.90 Å². The molecule has 0 aromatic heterocycles. The maximum Gasteiger partial charge on any atom is 0.317 e. The Balaban J connectivity index is 2.17. The first-order valence-electron chi connectivity index (χ1n) is 6.14. The molecule has 0 aliphatic carbocycles. The van der Waals surface area contributed by atoms with Gasteiger partial charge in [0.2, 0.25) is 0 Å². The molecule has 1 rings (SSSR count). The highest BCUT2D eigenvalue weighted by atomic mass is 16.3. The van der Waals surface area contributed by atoms with Gasteiger partial charge in [0.1, 0.15) is 0 Å². The number of urea groups is 1. The first-order valence-corrected chi connectivity index (χ1v) is 6.14. The van der Waals surface area contributed by atoms with E-state index in [0.29, 0.717) is 6.54 Å². The zero-order valence-electron chi connectivity index (χ0n) is 10.1. The number of hydrogen-bond donors (Lipinski definition) is 2. The lowest BCUT2D eigenvalue weighted by Gasteiger charge is -2.34. The number of amides is 2. The number of aliphatic hydroxyl groups is 1. The van der Waals surface area contributed by atoms with E-state index >= 15 is 0 Å². The van der Waals surface area contributed by atoms with Crippen LogP contribution in [-0.2, 0) is 0 Å². The molecule has 2 amide bonds. The van der Waals surface area contributed by atoms with Gasteiger partial charge < -0.3 is 15.3 Å². The molecule has 2 N–H and O–H groups in total. The molecular weight excluding hydrogens is 206 g/mol. The Bertz CT molecular complexity index is 203. The summed E-state index contributed by atoms with van der Waals surface area (Å²) in [5.74, 6) is 0. The molecule has 1 aliphatic rings. The number of carbonyl (C=O) groups excluding carboxylic acids is 1. The zero-order valence-corrected chi connectivity index (χ0v) is 10.1. The van der Waals surface area contributed by atoms with Gasteiger partial charge in [0.15, 0.2) is 0 Å². The number of nitrogens with one attached hydrogen (secondary N) is 1. The van der Waals surface area contributed by atoms with Crippen molar-refractivity contribution < 1.29 is 9.90 Å². The average molecular weight is 229 g/mol. The molecule has 94 valence electrons. The highest BCUT2D eigenvalue weighted by Gasteiger charge is 2.19.